The summed E-state index contributed by atoms with van der Waals surface area (Å²) < 4.78 is 11.5. The number of nitrogens with one attached hydrogen (secondary N) is 1. The highest BCUT2D eigenvalue weighted by Gasteiger charge is 2.34. The van der Waals surface area contributed by atoms with E-state index in [1.165, 1.54) is 5.56 Å². The second-order valence-corrected chi connectivity index (χ2v) is 9.32. The van der Waals surface area contributed by atoms with Crippen molar-refractivity contribution >= 4 is 16.9 Å². The van der Waals surface area contributed by atoms with E-state index in [2.05, 4.69) is 30.1 Å². The highest BCUT2D eigenvalue weighted by Crippen LogP contribution is 2.36. The molecule has 1 amide bonds. The smallest absolute Gasteiger partial charge is 0.287 e. The normalized spacial score (nSPS) is 16.3. The molecule has 6 nitrogen and oxygen atoms in total. The van der Waals surface area contributed by atoms with Crippen LogP contribution in [0.15, 0.2) is 52.9 Å². The van der Waals surface area contributed by atoms with E-state index < -0.39 is 5.60 Å². The molecule has 1 fully saturated rings. The van der Waals surface area contributed by atoms with Gasteiger partial charge in [0.15, 0.2) is 5.76 Å². The zero-order valence-corrected chi connectivity index (χ0v) is 19.8. The van der Waals surface area contributed by atoms with Crippen LogP contribution in [0.2, 0.25) is 0 Å². The van der Waals surface area contributed by atoms with E-state index in [0.29, 0.717) is 43.3 Å². The van der Waals surface area contributed by atoms with E-state index in [-0.39, 0.29) is 5.91 Å². The minimum Gasteiger partial charge on any atom is -0.494 e. The fourth-order valence-electron chi connectivity index (χ4n) is 4.37. The molecule has 176 valence electrons. The third kappa shape index (κ3) is 5.40. The number of carbonyl (C=O) groups is 1. The van der Waals surface area contributed by atoms with Gasteiger partial charge in [0, 0.05) is 37.1 Å². The van der Waals surface area contributed by atoms with Crippen molar-refractivity contribution in [2.75, 3.05) is 26.2 Å². The Labute approximate surface area is 195 Å². The first-order valence-corrected chi connectivity index (χ1v) is 11.9. The summed E-state index contributed by atoms with van der Waals surface area (Å²) in [5.41, 5.74) is 1.82. The quantitative estimate of drug-likeness (QED) is 0.520. The third-order valence-corrected chi connectivity index (χ3v) is 6.30. The van der Waals surface area contributed by atoms with Gasteiger partial charge in [-0.15, -0.1) is 0 Å². The topological polar surface area (TPSA) is 74.9 Å². The van der Waals surface area contributed by atoms with Crippen LogP contribution in [0.25, 0.3) is 11.0 Å². The maximum absolute atomic E-state index is 12.4. The molecule has 33 heavy (non-hydrogen) atoms. The summed E-state index contributed by atoms with van der Waals surface area (Å²) in [6.45, 7) is 9.74. The first-order chi connectivity index (χ1) is 15.9. The van der Waals surface area contributed by atoms with E-state index in [0.717, 1.165) is 36.3 Å². The number of piperidine rings is 1. The number of aliphatic hydroxyl groups is 1. The van der Waals surface area contributed by atoms with E-state index in [9.17, 15) is 9.90 Å². The molecule has 1 aliphatic rings. The Morgan fingerprint density at radius 2 is 1.94 bits per heavy atom. The predicted molar refractivity (Wildman–Crippen MR) is 129 cm³/mol. The lowest BCUT2D eigenvalue weighted by molar-refractivity contribution is -0.0277. The molecule has 2 N–H and O–H groups in total. The number of nitrogens with zero attached hydrogens (tertiary/aromatic N) is 1. The SMILES string of the molecule is CCOc1ccccc1CN1CCC(O)(c2ccc3oc(C(=O)NCC(C)C)cc3c2)CC1. The lowest BCUT2D eigenvalue weighted by Crippen LogP contribution is -2.42. The number of carbonyl (C=O) groups excluding carboxylic acids is 1. The van der Waals surface area contributed by atoms with Crippen molar-refractivity contribution < 1.29 is 19.1 Å². The number of likely N-dealkylation sites (tertiary alicyclic amines) is 1. The molecular weight excluding hydrogens is 416 g/mol. The molecule has 0 radical (unpaired) electrons. The Kier molecular flexibility index (Phi) is 7.05. The van der Waals surface area contributed by atoms with Crippen molar-refractivity contribution in [3.63, 3.8) is 0 Å². The molecule has 2 heterocycles. The monoisotopic (exact) mass is 450 g/mol. The number of ether oxygens (including phenoxy) is 1. The van der Waals surface area contributed by atoms with Gasteiger partial charge in [0.2, 0.25) is 0 Å². The van der Waals surface area contributed by atoms with Crippen molar-refractivity contribution in [2.24, 2.45) is 5.92 Å². The van der Waals surface area contributed by atoms with Gasteiger partial charge in [-0.2, -0.15) is 0 Å². The van der Waals surface area contributed by atoms with Gasteiger partial charge in [0.1, 0.15) is 11.3 Å². The van der Waals surface area contributed by atoms with Crippen molar-refractivity contribution in [3.8, 4) is 5.75 Å². The summed E-state index contributed by atoms with van der Waals surface area (Å²) >= 11 is 0. The molecule has 0 bridgehead atoms. The molecule has 3 aromatic rings. The molecule has 0 unspecified atom stereocenters. The van der Waals surface area contributed by atoms with Gasteiger partial charge in [0.05, 0.1) is 12.2 Å². The number of fused-ring (bicyclic) bond motifs is 1. The Morgan fingerprint density at radius 3 is 2.67 bits per heavy atom. The van der Waals surface area contributed by atoms with Gasteiger partial charge in [-0.05, 0) is 55.5 Å². The molecule has 2 aromatic carbocycles. The Morgan fingerprint density at radius 1 is 1.18 bits per heavy atom. The molecule has 0 spiro atoms. The number of hydrogen-bond donors (Lipinski definition) is 2. The number of hydrogen-bond acceptors (Lipinski definition) is 5. The second-order valence-electron chi connectivity index (χ2n) is 9.32. The van der Waals surface area contributed by atoms with Gasteiger partial charge in [-0.1, -0.05) is 38.1 Å². The van der Waals surface area contributed by atoms with E-state index in [1.54, 1.807) is 6.07 Å². The molecule has 6 heteroatoms. The highest BCUT2D eigenvalue weighted by molar-refractivity contribution is 5.96. The number of para-hydroxylation sites is 1. The number of benzene rings is 2. The van der Waals surface area contributed by atoms with Crippen LogP contribution in [0, 0.1) is 5.92 Å². The lowest BCUT2D eigenvalue weighted by atomic mass is 9.84. The average molecular weight is 451 g/mol. The number of furan rings is 1. The first kappa shape index (κ1) is 23.3. The lowest BCUT2D eigenvalue weighted by Gasteiger charge is -2.38. The van der Waals surface area contributed by atoms with Crippen LogP contribution in [0.3, 0.4) is 0 Å². The fraction of sp³-hybridized carbons (Fsp3) is 0.444. The summed E-state index contributed by atoms with van der Waals surface area (Å²) in [6.07, 6.45) is 1.30. The molecule has 1 aliphatic heterocycles. The van der Waals surface area contributed by atoms with Crippen LogP contribution in [-0.4, -0.2) is 42.2 Å². The van der Waals surface area contributed by atoms with Crippen LogP contribution in [0.1, 0.15) is 55.3 Å². The standard InChI is InChI=1S/C27H34N2O4/c1-4-32-23-8-6-5-7-20(23)18-29-13-11-27(31,12-14-29)22-9-10-24-21(15-22)16-25(33-24)26(30)28-17-19(2)3/h5-10,15-16,19,31H,4,11-14,17-18H2,1-3H3,(H,28,30). The van der Waals surface area contributed by atoms with Crippen molar-refractivity contribution in [1.82, 2.24) is 10.2 Å². The van der Waals surface area contributed by atoms with Crippen LogP contribution >= 0.6 is 0 Å². The summed E-state index contributed by atoms with van der Waals surface area (Å²) in [4.78, 5) is 14.7. The fourth-order valence-corrected chi connectivity index (χ4v) is 4.37. The number of amides is 1. The van der Waals surface area contributed by atoms with Gasteiger partial charge < -0.3 is 19.6 Å². The van der Waals surface area contributed by atoms with Gasteiger partial charge in [-0.3, -0.25) is 9.69 Å². The Hall–Kier alpha value is -2.83. The summed E-state index contributed by atoms with van der Waals surface area (Å²) in [7, 11) is 0. The third-order valence-electron chi connectivity index (χ3n) is 6.30. The summed E-state index contributed by atoms with van der Waals surface area (Å²) in [5, 5.41) is 15.1. The highest BCUT2D eigenvalue weighted by atomic mass is 16.5. The molecule has 1 aromatic heterocycles. The maximum Gasteiger partial charge on any atom is 0.287 e. The predicted octanol–water partition coefficient (Wildman–Crippen LogP) is 4.70. The van der Waals surface area contributed by atoms with Crippen molar-refractivity contribution in [2.45, 2.75) is 45.8 Å². The summed E-state index contributed by atoms with van der Waals surface area (Å²) in [6, 6.07) is 15.6. The van der Waals surface area contributed by atoms with Gasteiger partial charge in [0.25, 0.3) is 5.91 Å². The Balaban J connectivity index is 1.43. The zero-order chi connectivity index (χ0) is 23.4. The molecule has 0 atom stereocenters. The zero-order valence-electron chi connectivity index (χ0n) is 19.8. The molecule has 0 saturated carbocycles. The van der Waals surface area contributed by atoms with Gasteiger partial charge >= 0.3 is 0 Å². The van der Waals surface area contributed by atoms with E-state index >= 15 is 0 Å². The molecule has 4 rings (SSSR count). The molecular formula is C27H34N2O4. The van der Waals surface area contributed by atoms with Crippen molar-refractivity contribution in [1.29, 1.82) is 0 Å². The van der Waals surface area contributed by atoms with E-state index in [1.807, 2.05) is 43.3 Å². The Bertz CT molecular complexity index is 1100. The van der Waals surface area contributed by atoms with Crippen LogP contribution < -0.4 is 10.1 Å². The second kappa shape index (κ2) is 9.98. The van der Waals surface area contributed by atoms with E-state index in [4.69, 9.17) is 9.15 Å². The minimum absolute atomic E-state index is 0.208. The molecule has 1 saturated heterocycles. The number of rotatable bonds is 8. The van der Waals surface area contributed by atoms with Crippen LogP contribution in [-0.2, 0) is 12.1 Å². The summed E-state index contributed by atoms with van der Waals surface area (Å²) in [5.74, 6) is 1.40. The minimum atomic E-state index is -0.887. The van der Waals surface area contributed by atoms with Crippen LogP contribution in [0.4, 0.5) is 0 Å². The maximum atomic E-state index is 12.4. The first-order valence-electron chi connectivity index (χ1n) is 11.9. The molecule has 0 aliphatic carbocycles. The van der Waals surface area contributed by atoms with Gasteiger partial charge in [-0.25, -0.2) is 0 Å². The van der Waals surface area contributed by atoms with Crippen LogP contribution in [0.5, 0.6) is 5.75 Å². The average Bonchev–Trinajstić information content (AvgIpc) is 3.24. The largest absolute Gasteiger partial charge is 0.494 e. The van der Waals surface area contributed by atoms with Crippen molar-refractivity contribution in [3.05, 3.63) is 65.4 Å².